The number of rotatable bonds is 4. The van der Waals surface area contributed by atoms with Gasteiger partial charge in [-0.3, -0.25) is 10.1 Å². The van der Waals surface area contributed by atoms with E-state index >= 15 is 0 Å². The molecule has 1 aliphatic rings. The van der Waals surface area contributed by atoms with Gasteiger partial charge in [0.05, 0.1) is 0 Å². The zero-order chi connectivity index (χ0) is 12.3. The van der Waals surface area contributed by atoms with Crippen LogP contribution in [0, 0.1) is 0 Å². The van der Waals surface area contributed by atoms with Crippen molar-refractivity contribution in [2.75, 3.05) is 0 Å². The van der Waals surface area contributed by atoms with E-state index in [9.17, 15) is 14.4 Å². The first-order chi connectivity index (χ1) is 8.16. The number of urea groups is 1. The summed E-state index contributed by atoms with van der Waals surface area (Å²) in [7, 11) is 0. The molecule has 0 spiro atoms. The summed E-state index contributed by atoms with van der Waals surface area (Å²) >= 11 is 0. The minimum absolute atomic E-state index is 0.262. The number of amides is 3. The van der Waals surface area contributed by atoms with E-state index in [1.165, 1.54) is 0 Å². The molecule has 1 unspecified atom stereocenters. The van der Waals surface area contributed by atoms with Gasteiger partial charge in [-0.2, -0.15) is 0 Å². The third-order valence-electron chi connectivity index (χ3n) is 2.82. The Morgan fingerprint density at radius 2 is 1.88 bits per heavy atom. The Morgan fingerprint density at radius 3 is 2.41 bits per heavy atom. The molecule has 1 saturated heterocycles. The van der Waals surface area contributed by atoms with E-state index in [0.29, 0.717) is 12.7 Å². The average molecular weight is 232 g/mol. The highest BCUT2D eigenvalue weighted by atomic mass is 16.2. The van der Waals surface area contributed by atoms with Crippen molar-refractivity contribution in [3.63, 3.8) is 0 Å². The van der Waals surface area contributed by atoms with Crippen molar-refractivity contribution in [2.45, 2.75) is 18.4 Å². The van der Waals surface area contributed by atoms with E-state index in [2.05, 4.69) is 10.6 Å². The SMILES string of the molecule is O=CC1(CCc2ccccc2)NC(=O)NC1=O. The van der Waals surface area contributed by atoms with Gasteiger partial charge in [-0.1, -0.05) is 30.3 Å². The standard InChI is InChI=1S/C12H12N2O3/c15-8-12(10(16)13-11(17)14-12)7-6-9-4-2-1-3-5-9/h1-5,8H,6-7H2,(H2,13,14,16,17). The van der Waals surface area contributed by atoms with Crippen molar-refractivity contribution < 1.29 is 14.4 Å². The average Bonchev–Trinajstić information content (AvgIpc) is 2.63. The molecule has 2 N–H and O–H groups in total. The van der Waals surface area contributed by atoms with Crippen LogP contribution in [0.4, 0.5) is 4.79 Å². The maximum atomic E-state index is 11.5. The van der Waals surface area contributed by atoms with E-state index in [1.54, 1.807) is 0 Å². The fourth-order valence-electron chi connectivity index (χ4n) is 1.81. The van der Waals surface area contributed by atoms with Crippen molar-refractivity contribution in [1.82, 2.24) is 10.6 Å². The van der Waals surface area contributed by atoms with Crippen LogP contribution in [-0.4, -0.2) is 23.8 Å². The molecule has 1 aromatic carbocycles. The van der Waals surface area contributed by atoms with Crippen LogP contribution >= 0.6 is 0 Å². The molecule has 1 atom stereocenters. The summed E-state index contributed by atoms with van der Waals surface area (Å²) in [6.45, 7) is 0. The van der Waals surface area contributed by atoms with Crippen LogP contribution in [0.15, 0.2) is 30.3 Å². The minimum atomic E-state index is -1.41. The molecular formula is C12H12N2O3. The summed E-state index contributed by atoms with van der Waals surface area (Å²) < 4.78 is 0. The van der Waals surface area contributed by atoms with Gasteiger partial charge in [-0.05, 0) is 18.4 Å². The summed E-state index contributed by atoms with van der Waals surface area (Å²) in [4.78, 5) is 33.6. The van der Waals surface area contributed by atoms with E-state index in [4.69, 9.17) is 0 Å². The highest BCUT2D eigenvalue weighted by Crippen LogP contribution is 2.16. The van der Waals surface area contributed by atoms with Gasteiger partial charge < -0.3 is 10.1 Å². The minimum Gasteiger partial charge on any atom is -0.317 e. The summed E-state index contributed by atoms with van der Waals surface area (Å²) in [5.74, 6) is -0.576. The predicted molar refractivity (Wildman–Crippen MR) is 60.2 cm³/mol. The fourth-order valence-corrected chi connectivity index (χ4v) is 1.81. The van der Waals surface area contributed by atoms with Crippen molar-refractivity contribution in [3.05, 3.63) is 35.9 Å². The van der Waals surface area contributed by atoms with Crippen LogP contribution in [0.3, 0.4) is 0 Å². The summed E-state index contributed by atoms with van der Waals surface area (Å²) in [5, 5.41) is 4.44. The van der Waals surface area contributed by atoms with Crippen LogP contribution in [0.2, 0.25) is 0 Å². The van der Waals surface area contributed by atoms with Crippen molar-refractivity contribution in [3.8, 4) is 0 Å². The molecule has 1 aromatic rings. The Hall–Kier alpha value is -2.17. The maximum Gasteiger partial charge on any atom is 0.322 e. The molecule has 0 bridgehead atoms. The molecule has 88 valence electrons. The first-order valence-electron chi connectivity index (χ1n) is 5.30. The first kappa shape index (κ1) is 11.3. The molecule has 0 aromatic heterocycles. The third kappa shape index (κ3) is 2.18. The number of aryl methyl sites for hydroxylation is 1. The molecule has 2 rings (SSSR count). The van der Waals surface area contributed by atoms with E-state index in [-0.39, 0.29) is 6.42 Å². The molecule has 3 amide bonds. The monoisotopic (exact) mass is 232 g/mol. The molecule has 5 nitrogen and oxygen atoms in total. The lowest BCUT2D eigenvalue weighted by Gasteiger charge is -2.18. The largest absolute Gasteiger partial charge is 0.322 e. The Labute approximate surface area is 98.2 Å². The predicted octanol–water partition coefficient (Wildman–Crippen LogP) is 0.396. The molecule has 17 heavy (non-hydrogen) atoms. The molecule has 5 heteroatoms. The molecular weight excluding hydrogens is 220 g/mol. The van der Waals surface area contributed by atoms with Crippen LogP contribution in [0.1, 0.15) is 12.0 Å². The number of carbonyl (C=O) groups is 3. The molecule has 0 aliphatic carbocycles. The molecule has 0 saturated carbocycles. The van der Waals surface area contributed by atoms with Crippen LogP contribution in [-0.2, 0) is 16.0 Å². The zero-order valence-corrected chi connectivity index (χ0v) is 9.10. The van der Waals surface area contributed by atoms with Crippen molar-refractivity contribution >= 4 is 18.2 Å². The van der Waals surface area contributed by atoms with E-state index in [0.717, 1.165) is 5.56 Å². The van der Waals surface area contributed by atoms with Gasteiger partial charge in [-0.25, -0.2) is 4.79 Å². The number of benzene rings is 1. The van der Waals surface area contributed by atoms with Gasteiger partial charge in [0.15, 0.2) is 11.8 Å². The number of nitrogens with one attached hydrogen (secondary N) is 2. The second kappa shape index (κ2) is 4.37. The van der Waals surface area contributed by atoms with Crippen LogP contribution < -0.4 is 10.6 Å². The Kier molecular flexibility index (Phi) is 2.91. The lowest BCUT2D eigenvalue weighted by molar-refractivity contribution is -0.129. The number of imide groups is 1. The normalized spacial score (nSPS) is 23.1. The van der Waals surface area contributed by atoms with Gasteiger partial charge in [0.2, 0.25) is 0 Å². The van der Waals surface area contributed by atoms with Crippen molar-refractivity contribution in [2.24, 2.45) is 0 Å². The Morgan fingerprint density at radius 1 is 1.18 bits per heavy atom. The Bertz CT molecular complexity index is 458. The lowest BCUT2D eigenvalue weighted by atomic mass is 9.93. The maximum absolute atomic E-state index is 11.5. The highest BCUT2D eigenvalue weighted by Gasteiger charge is 2.45. The summed E-state index contributed by atoms with van der Waals surface area (Å²) in [6.07, 6.45) is 1.31. The quantitative estimate of drug-likeness (QED) is 0.448. The fraction of sp³-hybridized carbons (Fsp3) is 0.250. The van der Waals surface area contributed by atoms with E-state index in [1.807, 2.05) is 30.3 Å². The smallest absolute Gasteiger partial charge is 0.317 e. The first-order valence-corrected chi connectivity index (χ1v) is 5.30. The van der Waals surface area contributed by atoms with Gasteiger partial charge in [0.1, 0.15) is 0 Å². The molecule has 1 fully saturated rings. The second-order valence-corrected chi connectivity index (χ2v) is 3.98. The van der Waals surface area contributed by atoms with Gasteiger partial charge in [0, 0.05) is 0 Å². The van der Waals surface area contributed by atoms with Gasteiger partial charge in [-0.15, -0.1) is 0 Å². The number of hydrogen-bond donors (Lipinski definition) is 2. The number of aldehydes is 1. The van der Waals surface area contributed by atoms with E-state index < -0.39 is 17.5 Å². The van der Waals surface area contributed by atoms with Gasteiger partial charge >= 0.3 is 6.03 Å². The van der Waals surface area contributed by atoms with Crippen molar-refractivity contribution in [1.29, 1.82) is 0 Å². The van der Waals surface area contributed by atoms with Crippen LogP contribution in [0.25, 0.3) is 0 Å². The Balaban J connectivity index is 2.09. The molecule has 0 radical (unpaired) electrons. The number of hydrogen-bond acceptors (Lipinski definition) is 3. The zero-order valence-electron chi connectivity index (χ0n) is 9.10. The topological polar surface area (TPSA) is 75.3 Å². The third-order valence-corrected chi connectivity index (χ3v) is 2.82. The molecule has 1 aliphatic heterocycles. The lowest BCUT2D eigenvalue weighted by Crippen LogP contribution is -2.48. The highest BCUT2D eigenvalue weighted by molar-refractivity contribution is 6.15. The second-order valence-electron chi connectivity index (χ2n) is 3.98. The summed E-state index contributed by atoms with van der Waals surface area (Å²) in [5.41, 5.74) is -0.393. The summed E-state index contributed by atoms with van der Waals surface area (Å²) in [6, 6.07) is 8.87. The van der Waals surface area contributed by atoms with Crippen LogP contribution in [0.5, 0.6) is 0 Å². The number of carbonyl (C=O) groups excluding carboxylic acids is 3. The van der Waals surface area contributed by atoms with Gasteiger partial charge in [0.25, 0.3) is 5.91 Å². The molecule has 1 heterocycles.